The lowest BCUT2D eigenvalue weighted by Crippen LogP contribution is -2.65. The minimum atomic E-state index is -5.02. The molecule has 146 valence electrons. The fourth-order valence-electron chi connectivity index (χ4n) is 4.04. The van der Waals surface area contributed by atoms with Crippen molar-refractivity contribution in [3.63, 3.8) is 0 Å². The average molecular weight is 404 g/mol. The molecule has 2 fully saturated rings. The Hall–Kier alpha value is -2.00. The summed E-state index contributed by atoms with van der Waals surface area (Å²) in [6.07, 6.45) is -4.33. The molecule has 1 aromatic heterocycles. The van der Waals surface area contributed by atoms with Crippen LogP contribution in [-0.4, -0.2) is 42.4 Å². The number of benzene rings is 1. The van der Waals surface area contributed by atoms with Gasteiger partial charge >= 0.3 is 12.1 Å². The minimum Gasteiger partial charge on any atom is -0.453 e. The first-order valence-corrected chi connectivity index (χ1v) is 8.90. The van der Waals surface area contributed by atoms with Crippen molar-refractivity contribution in [2.24, 2.45) is 11.1 Å². The molecule has 6 nitrogen and oxygen atoms in total. The largest absolute Gasteiger partial charge is 0.490 e. The first-order valence-electron chi connectivity index (χ1n) is 8.52. The summed E-state index contributed by atoms with van der Waals surface area (Å²) >= 11 is 5.95. The maximum atomic E-state index is 12.5. The smallest absolute Gasteiger partial charge is 0.453 e. The Labute approximate surface area is 157 Å². The lowest BCUT2D eigenvalue weighted by atomic mass is 9.58. The van der Waals surface area contributed by atoms with Crippen LogP contribution in [0.4, 0.5) is 19.2 Å². The summed E-state index contributed by atoms with van der Waals surface area (Å²) in [6, 6.07) is 5.01. The topological polar surface area (TPSA) is 81.6 Å². The number of esters is 1. The van der Waals surface area contributed by atoms with Gasteiger partial charge in [-0.05, 0) is 37.5 Å². The van der Waals surface area contributed by atoms with Crippen LogP contribution in [0.3, 0.4) is 0 Å². The highest BCUT2D eigenvalue weighted by atomic mass is 35.5. The number of nitrogens with zero attached hydrogens (tertiary/aromatic N) is 2. The molecule has 10 heteroatoms. The number of alkyl halides is 3. The van der Waals surface area contributed by atoms with Gasteiger partial charge in [-0.2, -0.15) is 18.2 Å². The van der Waals surface area contributed by atoms with Gasteiger partial charge in [0, 0.05) is 29.6 Å². The van der Waals surface area contributed by atoms with Crippen LogP contribution >= 0.6 is 11.6 Å². The molecule has 2 aliphatic rings. The third-order valence-corrected chi connectivity index (χ3v) is 5.70. The zero-order chi connectivity index (χ0) is 19.4. The molecule has 1 spiro atoms. The molecule has 1 saturated heterocycles. The number of hydrogen-bond donors (Lipinski definition) is 1. The maximum Gasteiger partial charge on any atom is 0.490 e. The van der Waals surface area contributed by atoms with Gasteiger partial charge in [0.25, 0.3) is 6.01 Å². The van der Waals surface area contributed by atoms with Crippen molar-refractivity contribution in [3.8, 4) is 0 Å². The number of anilines is 1. The Kier molecular flexibility index (Phi) is 4.27. The van der Waals surface area contributed by atoms with Gasteiger partial charge in [-0.3, -0.25) is 0 Å². The van der Waals surface area contributed by atoms with Gasteiger partial charge in [0.05, 0.1) is 0 Å². The van der Waals surface area contributed by atoms with Crippen molar-refractivity contribution in [3.05, 3.63) is 23.2 Å². The first kappa shape index (κ1) is 18.4. The minimum absolute atomic E-state index is 0.439. The number of rotatable bonds is 2. The number of carbonyl (C=O) groups excluding carboxylic acids is 1. The van der Waals surface area contributed by atoms with Crippen molar-refractivity contribution < 1.29 is 27.1 Å². The van der Waals surface area contributed by atoms with Crippen molar-refractivity contribution in [2.75, 3.05) is 18.0 Å². The molecule has 2 aromatic rings. The number of fused-ring (bicyclic) bond motifs is 1. The Balaban J connectivity index is 1.45. The number of carbonyl (C=O) groups is 1. The molecule has 1 saturated carbocycles. The van der Waals surface area contributed by atoms with Gasteiger partial charge in [-0.1, -0.05) is 11.6 Å². The number of hydrogen-bond acceptors (Lipinski definition) is 6. The first-order chi connectivity index (χ1) is 12.7. The Morgan fingerprint density at radius 3 is 2.70 bits per heavy atom. The molecule has 27 heavy (non-hydrogen) atoms. The van der Waals surface area contributed by atoms with Crippen LogP contribution < -0.4 is 10.6 Å². The normalized spacial score (nSPS) is 24.9. The van der Waals surface area contributed by atoms with E-state index in [1.165, 1.54) is 0 Å². The van der Waals surface area contributed by atoms with Crippen LogP contribution in [-0.2, 0) is 9.53 Å². The van der Waals surface area contributed by atoms with Crippen LogP contribution in [0.25, 0.3) is 11.1 Å². The maximum absolute atomic E-state index is 12.5. The van der Waals surface area contributed by atoms with E-state index in [1.54, 1.807) is 18.2 Å². The highest BCUT2D eigenvalue weighted by molar-refractivity contribution is 6.31. The molecule has 2 unspecified atom stereocenters. The van der Waals surface area contributed by atoms with Crippen molar-refractivity contribution in [1.29, 1.82) is 0 Å². The SMILES string of the molecule is NC1CC2(CCN(c3nc4cc(Cl)ccc4o3)CC2)C1OC(=O)C(F)(F)F. The van der Waals surface area contributed by atoms with E-state index >= 15 is 0 Å². The third-order valence-electron chi connectivity index (χ3n) is 5.47. The fourth-order valence-corrected chi connectivity index (χ4v) is 4.20. The van der Waals surface area contributed by atoms with Crippen LogP contribution in [0.1, 0.15) is 19.3 Å². The molecule has 0 radical (unpaired) electrons. The van der Waals surface area contributed by atoms with Gasteiger partial charge < -0.3 is 19.8 Å². The fraction of sp³-hybridized carbons (Fsp3) is 0.529. The van der Waals surface area contributed by atoms with Crippen molar-refractivity contribution in [2.45, 2.75) is 37.6 Å². The predicted octanol–water partition coefficient (Wildman–Crippen LogP) is 3.27. The number of nitrogens with two attached hydrogens (primary N) is 1. The van der Waals surface area contributed by atoms with E-state index in [4.69, 9.17) is 26.5 Å². The van der Waals surface area contributed by atoms with E-state index in [2.05, 4.69) is 4.98 Å². The van der Waals surface area contributed by atoms with E-state index < -0.39 is 29.7 Å². The number of halogens is 4. The van der Waals surface area contributed by atoms with E-state index in [-0.39, 0.29) is 0 Å². The molecule has 2 N–H and O–H groups in total. The molecule has 4 rings (SSSR count). The number of oxazole rings is 1. The quantitative estimate of drug-likeness (QED) is 0.775. The number of ether oxygens (including phenoxy) is 1. The molecular weight excluding hydrogens is 387 g/mol. The second-order valence-corrected chi connectivity index (χ2v) is 7.59. The monoisotopic (exact) mass is 403 g/mol. The van der Waals surface area contributed by atoms with Gasteiger partial charge in [0.15, 0.2) is 5.58 Å². The van der Waals surface area contributed by atoms with Crippen molar-refractivity contribution in [1.82, 2.24) is 4.98 Å². The van der Waals surface area contributed by atoms with Gasteiger partial charge in [0.1, 0.15) is 11.6 Å². The highest BCUT2D eigenvalue weighted by Gasteiger charge is 2.58. The summed E-state index contributed by atoms with van der Waals surface area (Å²) in [4.78, 5) is 17.5. The van der Waals surface area contributed by atoms with E-state index in [9.17, 15) is 18.0 Å². The second-order valence-electron chi connectivity index (χ2n) is 7.15. The number of aromatic nitrogens is 1. The Morgan fingerprint density at radius 1 is 1.37 bits per heavy atom. The van der Waals surface area contributed by atoms with Crippen LogP contribution in [0.5, 0.6) is 0 Å². The average Bonchev–Trinajstić information content (AvgIpc) is 3.02. The van der Waals surface area contributed by atoms with Gasteiger partial charge in [0.2, 0.25) is 0 Å². The standard InChI is InChI=1S/C17H17ClF3N3O3/c18-9-1-2-12-11(7-9)23-15(26-12)24-5-3-16(4-6-24)8-10(22)13(16)27-14(25)17(19,20)21/h1-2,7,10,13H,3-6,8,22H2. The molecule has 0 amide bonds. The number of piperidine rings is 1. The van der Waals surface area contributed by atoms with Crippen molar-refractivity contribution >= 4 is 34.7 Å². The summed E-state index contributed by atoms with van der Waals surface area (Å²) in [5.74, 6) is -2.18. The van der Waals surface area contributed by atoms with Gasteiger partial charge in [-0.25, -0.2) is 4.79 Å². The van der Waals surface area contributed by atoms with E-state index in [1.807, 2.05) is 4.90 Å². The zero-order valence-electron chi connectivity index (χ0n) is 14.1. The molecule has 2 atom stereocenters. The van der Waals surface area contributed by atoms with Crippen LogP contribution in [0, 0.1) is 5.41 Å². The molecule has 1 aromatic carbocycles. The molecular formula is C17H17ClF3N3O3. The zero-order valence-corrected chi connectivity index (χ0v) is 14.9. The van der Waals surface area contributed by atoms with Gasteiger partial charge in [-0.15, -0.1) is 0 Å². The molecule has 0 bridgehead atoms. The van der Waals surface area contributed by atoms with E-state index in [0.29, 0.717) is 54.5 Å². The molecule has 1 aliphatic carbocycles. The lowest BCUT2D eigenvalue weighted by Gasteiger charge is -2.55. The summed E-state index contributed by atoms with van der Waals surface area (Å²) in [5.41, 5.74) is 6.56. The summed E-state index contributed by atoms with van der Waals surface area (Å²) < 4.78 is 48.0. The van der Waals surface area contributed by atoms with Crippen LogP contribution in [0.2, 0.25) is 5.02 Å². The molecule has 2 heterocycles. The summed E-state index contributed by atoms with van der Waals surface area (Å²) in [7, 11) is 0. The predicted molar refractivity (Wildman–Crippen MR) is 91.4 cm³/mol. The summed E-state index contributed by atoms with van der Waals surface area (Å²) in [6.45, 7) is 1.04. The third kappa shape index (κ3) is 3.23. The lowest BCUT2D eigenvalue weighted by molar-refractivity contribution is -0.223. The second kappa shape index (κ2) is 6.27. The van der Waals surface area contributed by atoms with E-state index in [0.717, 1.165) is 0 Å². The molecule has 1 aliphatic heterocycles. The Morgan fingerprint density at radius 2 is 2.07 bits per heavy atom. The van der Waals surface area contributed by atoms with Crippen LogP contribution in [0.15, 0.2) is 22.6 Å². The highest BCUT2D eigenvalue weighted by Crippen LogP contribution is 2.51. The Bertz CT molecular complexity index is 877. The summed E-state index contributed by atoms with van der Waals surface area (Å²) in [5, 5.41) is 0.553.